The second-order valence-corrected chi connectivity index (χ2v) is 5.70. The molecule has 6 nitrogen and oxygen atoms in total. The van der Waals surface area contributed by atoms with Crippen LogP contribution in [0.3, 0.4) is 0 Å². The number of aromatic nitrogens is 2. The summed E-state index contributed by atoms with van der Waals surface area (Å²) in [6, 6.07) is 2.41. The number of hydrogen-bond donors (Lipinski definition) is 3. The second-order valence-electron chi connectivity index (χ2n) is 4.80. The molecule has 20 heavy (non-hydrogen) atoms. The summed E-state index contributed by atoms with van der Waals surface area (Å²) in [6.45, 7) is 0.573. The van der Waals surface area contributed by atoms with Crippen LogP contribution in [-0.4, -0.2) is 35.5 Å². The zero-order chi connectivity index (χ0) is 13.9. The van der Waals surface area contributed by atoms with E-state index in [1.54, 1.807) is 18.4 Å². The third-order valence-electron chi connectivity index (χ3n) is 3.14. The number of nitrogens with one attached hydrogen (secondary N) is 3. The number of hydrogen-bond acceptors (Lipinski definition) is 6. The average Bonchev–Trinajstić information content (AvgIpc) is 3.12. The Morgan fingerprint density at radius 2 is 2.30 bits per heavy atom. The molecule has 2 aromatic heterocycles. The van der Waals surface area contributed by atoms with Gasteiger partial charge in [-0.15, -0.1) is 11.3 Å². The summed E-state index contributed by atoms with van der Waals surface area (Å²) in [5.74, 6) is 1.47. The number of fused-ring (bicyclic) bond motifs is 1. The van der Waals surface area contributed by atoms with Crippen molar-refractivity contribution in [1.82, 2.24) is 15.3 Å². The van der Waals surface area contributed by atoms with Gasteiger partial charge in [-0.1, -0.05) is 0 Å². The predicted molar refractivity (Wildman–Crippen MR) is 81.2 cm³/mol. The molecule has 106 valence electrons. The Balaban J connectivity index is 1.63. The first-order valence-electron chi connectivity index (χ1n) is 6.72. The number of anilines is 2. The van der Waals surface area contributed by atoms with E-state index in [-0.39, 0.29) is 5.91 Å². The molecule has 3 rings (SSSR count). The highest BCUT2D eigenvalue weighted by molar-refractivity contribution is 7.16. The topological polar surface area (TPSA) is 78.9 Å². The van der Waals surface area contributed by atoms with Crippen molar-refractivity contribution in [2.24, 2.45) is 0 Å². The molecule has 3 N–H and O–H groups in total. The van der Waals surface area contributed by atoms with Gasteiger partial charge in [0.2, 0.25) is 11.9 Å². The molecule has 0 atom stereocenters. The molecule has 1 amide bonds. The van der Waals surface area contributed by atoms with E-state index in [2.05, 4.69) is 25.9 Å². The fourth-order valence-corrected chi connectivity index (χ4v) is 2.69. The molecular weight excluding hydrogens is 274 g/mol. The quantitative estimate of drug-likeness (QED) is 0.756. The maximum Gasteiger partial charge on any atom is 0.225 e. The Hall–Kier alpha value is -1.89. The minimum absolute atomic E-state index is 0.101. The minimum Gasteiger partial charge on any atom is -0.369 e. The predicted octanol–water partition coefficient (Wildman–Crippen LogP) is 1.81. The molecule has 0 aromatic carbocycles. The molecule has 1 saturated carbocycles. The van der Waals surface area contributed by atoms with Gasteiger partial charge < -0.3 is 16.0 Å². The Kier molecular flexibility index (Phi) is 3.68. The van der Waals surface area contributed by atoms with Crippen molar-refractivity contribution in [3.05, 3.63) is 11.4 Å². The lowest BCUT2D eigenvalue weighted by atomic mass is 10.3. The van der Waals surface area contributed by atoms with E-state index in [9.17, 15) is 4.79 Å². The van der Waals surface area contributed by atoms with Crippen LogP contribution in [0.1, 0.15) is 19.3 Å². The number of thiophene rings is 1. The van der Waals surface area contributed by atoms with Gasteiger partial charge in [0.15, 0.2) is 0 Å². The van der Waals surface area contributed by atoms with E-state index in [0.29, 0.717) is 25.0 Å². The minimum atomic E-state index is 0.101. The lowest BCUT2D eigenvalue weighted by Gasteiger charge is -2.08. The van der Waals surface area contributed by atoms with E-state index < -0.39 is 0 Å². The molecule has 0 aliphatic heterocycles. The summed E-state index contributed by atoms with van der Waals surface area (Å²) in [4.78, 5) is 21.4. The van der Waals surface area contributed by atoms with Crippen LogP contribution >= 0.6 is 11.3 Å². The maximum absolute atomic E-state index is 11.6. The Morgan fingerprint density at radius 3 is 3.05 bits per heavy atom. The number of carbonyl (C=O) groups is 1. The van der Waals surface area contributed by atoms with Crippen molar-refractivity contribution in [1.29, 1.82) is 0 Å². The van der Waals surface area contributed by atoms with Crippen LogP contribution in [0.25, 0.3) is 10.2 Å². The molecule has 7 heteroatoms. The number of rotatable bonds is 6. The molecule has 2 aromatic rings. The summed E-state index contributed by atoms with van der Waals surface area (Å²) >= 11 is 1.58. The SMILES string of the molecule is CNc1nc(NCCC(=O)NC2CC2)c2ccsc2n1. The molecule has 0 saturated heterocycles. The lowest BCUT2D eigenvalue weighted by molar-refractivity contribution is -0.120. The lowest BCUT2D eigenvalue weighted by Crippen LogP contribution is -2.27. The van der Waals surface area contributed by atoms with Crippen LogP contribution < -0.4 is 16.0 Å². The Morgan fingerprint density at radius 1 is 1.45 bits per heavy atom. The van der Waals surface area contributed by atoms with E-state index >= 15 is 0 Å². The normalized spacial score (nSPS) is 14.2. The molecule has 0 radical (unpaired) electrons. The zero-order valence-corrected chi connectivity index (χ0v) is 12.1. The first kappa shape index (κ1) is 13.1. The number of amides is 1. The number of nitrogens with zero attached hydrogens (tertiary/aromatic N) is 2. The van der Waals surface area contributed by atoms with Gasteiger partial charge in [0.1, 0.15) is 10.6 Å². The molecule has 1 aliphatic carbocycles. The summed E-state index contributed by atoms with van der Waals surface area (Å²) in [5.41, 5.74) is 0. The summed E-state index contributed by atoms with van der Waals surface area (Å²) in [6.07, 6.45) is 2.69. The first-order valence-corrected chi connectivity index (χ1v) is 7.60. The van der Waals surface area contributed by atoms with Crippen LogP contribution in [-0.2, 0) is 4.79 Å². The molecule has 0 bridgehead atoms. The zero-order valence-electron chi connectivity index (χ0n) is 11.3. The van der Waals surface area contributed by atoms with Crippen molar-refractivity contribution in [2.45, 2.75) is 25.3 Å². The van der Waals surface area contributed by atoms with E-state index in [4.69, 9.17) is 0 Å². The van der Waals surface area contributed by atoms with Crippen molar-refractivity contribution >= 4 is 39.2 Å². The standard InChI is InChI=1S/C13H17N5OS/c1-14-13-17-11(9-5-7-20-12(9)18-13)15-6-4-10(19)16-8-2-3-8/h5,7-8H,2-4,6H2,1H3,(H,16,19)(H2,14,15,17,18). The molecular formula is C13H17N5OS. The number of carbonyl (C=O) groups excluding carboxylic acids is 1. The van der Waals surface area contributed by atoms with Crippen molar-refractivity contribution in [2.75, 3.05) is 24.2 Å². The Bertz CT molecular complexity index is 622. The molecule has 0 spiro atoms. The highest BCUT2D eigenvalue weighted by Crippen LogP contribution is 2.26. The monoisotopic (exact) mass is 291 g/mol. The first-order chi connectivity index (χ1) is 9.76. The van der Waals surface area contributed by atoms with Crippen LogP contribution in [0.4, 0.5) is 11.8 Å². The fourth-order valence-electron chi connectivity index (χ4n) is 1.92. The van der Waals surface area contributed by atoms with Gasteiger partial charge in [-0.3, -0.25) is 4.79 Å². The van der Waals surface area contributed by atoms with Crippen molar-refractivity contribution in [3.63, 3.8) is 0 Å². The van der Waals surface area contributed by atoms with Gasteiger partial charge in [0.05, 0.1) is 5.39 Å². The molecule has 0 unspecified atom stereocenters. The van der Waals surface area contributed by atoms with Gasteiger partial charge in [-0.05, 0) is 24.3 Å². The highest BCUT2D eigenvalue weighted by Gasteiger charge is 2.22. The van der Waals surface area contributed by atoms with Crippen molar-refractivity contribution < 1.29 is 4.79 Å². The Labute approximate surface area is 121 Å². The van der Waals surface area contributed by atoms with Crippen LogP contribution in [0.15, 0.2) is 11.4 Å². The molecule has 1 fully saturated rings. The van der Waals surface area contributed by atoms with Crippen molar-refractivity contribution in [3.8, 4) is 0 Å². The fraction of sp³-hybridized carbons (Fsp3) is 0.462. The van der Waals surface area contributed by atoms with Gasteiger partial charge in [-0.25, -0.2) is 4.98 Å². The summed E-state index contributed by atoms with van der Waals surface area (Å²) < 4.78 is 0. The van der Waals surface area contributed by atoms with E-state index in [0.717, 1.165) is 28.9 Å². The van der Waals surface area contributed by atoms with Gasteiger partial charge in [0, 0.05) is 26.1 Å². The summed E-state index contributed by atoms with van der Waals surface area (Å²) in [5, 5.41) is 12.1. The van der Waals surface area contributed by atoms with Crippen LogP contribution in [0.2, 0.25) is 0 Å². The second kappa shape index (κ2) is 5.62. The molecule has 2 heterocycles. The smallest absolute Gasteiger partial charge is 0.225 e. The third kappa shape index (κ3) is 2.98. The van der Waals surface area contributed by atoms with Gasteiger partial charge in [-0.2, -0.15) is 4.98 Å². The van der Waals surface area contributed by atoms with Gasteiger partial charge >= 0.3 is 0 Å². The van der Waals surface area contributed by atoms with Gasteiger partial charge in [0.25, 0.3) is 0 Å². The molecule has 1 aliphatic rings. The summed E-state index contributed by atoms with van der Waals surface area (Å²) in [7, 11) is 1.79. The van der Waals surface area contributed by atoms with E-state index in [1.807, 2.05) is 11.4 Å². The third-order valence-corrected chi connectivity index (χ3v) is 3.94. The maximum atomic E-state index is 11.6. The van der Waals surface area contributed by atoms with Crippen LogP contribution in [0, 0.1) is 0 Å². The highest BCUT2D eigenvalue weighted by atomic mass is 32.1. The largest absolute Gasteiger partial charge is 0.369 e. The van der Waals surface area contributed by atoms with E-state index in [1.165, 1.54) is 0 Å². The average molecular weight is 291 g/mol. The van der Waals surface area contributed by atoms with Crippen LogP contribution in [0.5, 0.6) is 0 Å².